The van der Waals surface area contributed by atoms with Crippen LogP contribution in [-0.4, -0.2) is 38.6 Å². The summed E-state index contributed by atoms with van der Waals surface area (Å²) in [5.41, 5.74) is 0. The predicted molar refractivity (Wildman–Crippen MR) is 65.8 cm³/mol. The summed E-state index contributed by atoms with van der Waals surface area (Å²) >= 11 is 4.69. The molecule has 2 N–H and O–H groups in total. The van der Waals surface area contributed by atoms with Crippen molar-refractivity contribution < 1.29 is 19.5 Å². The smallest absolute Gasteiger partial charge is 0.327 e. The lowest BCUT2D eigenvalue weighted by Gasteiger charge is -2.23. The van der Waals surface area contributed by atoms with Crippen molar-refractivity contribution in [2.45, 2.75) is 31.6 Å². The molecule has 0 aliphatic rings. The Balaban J connectivity index is 4.55. The van der Waals surface area contributed by atoms with Gasteiger partial charge in [-0.15, -0.1) is 0 Å². The third-order valence-corrected chi connectivity index (χ3v) is 3.08. The molecule has 0 aromatic heterocycles. The van der Waals surface area contributed by atoms with Crippen molar-refractivity contribution in [2.24, 2.45) is 0 Å². The van der Waals surface area contributed by atoms with E-state index in [1.54, 1.807) is 13.8 Å². The Labute approximate surface area is 104 Å². The van der Waals surface area contributed by atoms with Crippen LogP contribution in [0, 0.1) is 0 Å². The van der Waals surface area contributed by atoms with Crippen molar-refractivity contribution in [1.82, 2.24) is 5.32 Å². The second-order valence-electron chi connectivity index (χ2n) is 3.65. The minimum atomic E-state index is -1.15. The van der Waals surface area contributed by atoms with Gasteiger partial charge in [-0.2, -0.15) is 12.6 Å². The summed E-state index contributed by atoms with van der Waals surface area (Å²) in [7, 11) is 0. The molecule has 0 rings (SSSR count). The van der Waals surface area contributed by atoms with Crippen LogP contribution >= 0.6 is 24.4 Å². The molecule has 0 radical (unpaired) electrons. The van der Waals surface area contributed by atoms with Crippen LogP contribution in [0.1, 0.15) is 20.8 Å². The number of hydrogen-bond acceptors (Lipinski definition) is 5. The van der Waals surface area contributed by atoms with Gasteiger partial charge in [0.1, 0.15) is 6.04 Å². The lowest BCUT2D eigenvalue weighted by molar-refractivity contribution is -0.141. The molecule has 0 aliphatic carbocycles. The van der Waals surface area contributed by atoms with Crippen LogP contribution < -0.4 is 5.32 Å². The van der Waals surface area contributed by atoms with Gasteiger partial charge in [0, 0.05) is 12.7 Å². The third kappa shape index (κ3) is 4.89. The van der Waals surface area contributed by atoms with E-state index in [1.165, 1.54) is 6.92 Å². The van der Waals surface area contributed by atoms with E-state index in [0.717, 1.165) is 11.8 Å². The van der Waals surface area contributed by atoms with E-state index in [9.17, 15) is 14.4 Å². The highest BCUT2D eigenvalue weighted by atomic mass is 32.2. The monoisotopic (exact) mass is 265 g/mol. The number of thiol groups is 1. The van der Waals surface area contributed by atoms with Gasteiger partial charge in [0.15, 0.2) is 5.12 Å². The van der Waals surface area contributed by atoms with Crippen molar-refractivity contribution >= 4 is 41.4 Å². The number of thioether (sulfide) groups is 1. The Hall–Kier alpha value is -0.690. The first kappa shape index (κ1) is 15.3. The molecule has 7 heteroatoms. The number of carbonyl (C=O) groups excluding carboxylic acids is 2. The summed E-state index contributed by atoms with van der Waals surface area (Å²) in [4.78, 5) is 33.3. The highest BCUT2D eigenvalue weighted by Gasteiger charge is 2.32. The fourth-order valence-electron chi connectivity index (χ4n) is 0.923. The largest absolute Gasteiger partial charge is 0.480 e. The zero-order valence-corrected chi connectivity index (χ0v) is 11.0. The highest BCUT2D eigenvalue weighted by molar-refractivity contribution is 8.15. The molecular formula is C9H15NO4S2. The Bertz CT molecular complexity index is 304. The maximum Gasteiger partial charge on any atom is 0.327 e. The Morgan fingerprint density at radius 2 is 1.94 bits per heavy atom. The average Bonchev–Trinajstić information content (AvgIpc) is 2.10. The van der Waals surface area contributed by atoms with Gasteiger partial charge in [0.05, 0.1) is 4.75 Å². The van der Waals surface area contributed by atoms with E-state index in [-0.39, 0.29) is 10.9 Å². The topological polar surface area (TPSA) is 83.5 Å². The van der Waals surface area contributed by atoms with Crippen molar-refractivity contribution in [3.05, 3.63) is 0 Å². The molecular weight excluding hydrogens is 250 g/mol. The molecule has 0 bridgehead atoms. The first-order valence-corrected chi connectivity index (χ1v) is 6.00. The highest BCUT2D eigenvalue weighted by Crippen LogP contribution is 2.25. The standard InChI is InChI=1S/C9H15NO4S2/c1-5(11)16-9(2,3)8(14)10-6(4-15)7(12)13/h6,15H,4H2,1-3H3,(H,10,14)(H,12,13)/t6-/m0/s1. The molecule has 0 unspecified atom stereocenters. The molecule has 1 amide bonds. The normalized spacial score (nSPS) is 13.0. The summed E-state index contributed by atoms with van der Waals surface area (Å²) in [6.45, 7) is 4.48. The van der Waals surface area contributed by atoms with Gasteiger partial charge in [-0.1, -0.05) is 11.8 Å². The summed E-state index contributed by atoms with van der Waals surface area (Å²) in [5, 5.41) is 10.9. The molecule has 0 saturated carbocycles. The van der Waals surface area contributed by atoms with Crippen LogP contribution in [0.25, 0.3) is 0 Å². The molecule has 0 aromatic carbocycles. The van der Waals surface area contributed by atoms with E-state index >= 15 is 0 Å². The zero-order chi connectivity index (χ0) is 12.9. The summed E-state index contributed by atoms with van der Waals surface area (Å²) in [6.07, 6.45) is 0. The first-order valence-electron chi connectivity index (χ1n) is 4.55. The van der Waals surface area contributed by atoms with Gasteiger partial charge >= 0.3 is 5.97 Å². The van der Waals surface area contributed by atoms with E-state index in [2.05, 4.69) is 17.9 Å². The second kappa shape index (κ2) is 6.15. The van der Waals surface area contributed by atoms with Gasteiger partial charge in [-0.05, 0) is 13.8 Å². The minimum absolute atomic E-state index is 0.00188. The van der Waals surface area contributed by atoms with Crippen molar-refractivity contribution in [2.75, 3.05) is 5.75 Å². The van der Waals surface area contributed by atoms with Crippen LogP contribution in [0.5, 0.6) is 0 Å². The molecule has 0 aromatic rings. The molecule has 1 atom stereocenters. The lowest BCUT2D eigenvalue weighted by atomic mass is 10.2. The van der Waals surface area contributed by atoms with Gasteiger partial charge in [0.2, 0.25) is 5.91 Å². The molecule has 0 heterocycles. The first-order chi connectivity index (χ1) is 7.20. The lowest BCUT2D eigenvalue weighted by Crippen LogP contribution is -2.49. The Morgan fingerprint density at radius 1 is 1.44 bits per heavy atom. The van der Waals surface area contributed by atoms with Gasteiger partial charge in [-0.25, -0.2) is 4.79 Å². The number of carboxylic acids is 1. The molecule has 5 nitrogen and oxygen atoms in total. The molecule has 0 fully saturated rings. The van der Waals surface area contributed by atoms with Crippen molar-refractivity contribution in [3.63, 3.8) is 0 Å². The molecule has 0 saturated heterocycles. The van der Waals surface area contributed by atoms with Gasteiger partial charge in [-0.3, -0.25) is 9.59 Å². The molecule has 16 heavy (non-hydrogen) atoms. The average molecular weight is 265 g/mol. The zero-order valence-electron chi connectivity index (χ0n) is 9.31. The number of carboxylic acid groups (broad SMARTS) is 1. The predicted octanol–water partition coefficient (Wildman–Crippen LogP) is 0.544. The number of hydrogen-bond donors (Lipinski definition) is 3. The van der Waals surface area contributed by atoms with Crippen LogP contribution in [0.3, 0.4) is 0 Å². The second-order valence-corrected chi connectivity index (χ2v) is 5.82. The summed E-state index contributed by atoms with van der Waals surface area (Å²) < 4.78 is -0.984. The van der Waals surface area contributed by atoms with Crippen molar-refractivity contribution in [3.8, 4) is 0 Å². The van der Waals surface area contributed by atoms with Crippen molar-refractivity contribution in [1.29, 1.82) is 0 Å². The van der Waals surface area contributed by atoms with Crippen LogP contribution in [0.15, 0.2) is 0 Å². The van der Waals surface area contributed by atoms with Crippen LogP contribution in [0.2, 0.25) is 0 Å². The summed E-state index contributed by atoms with van der Waals surface area (Å²) in [6, 6.07) is -1.04. The van der Waals surface area contributed by atoms with Crippen LogP contribution in [0.4, 0.5) is 0 Å². The maximum absolute atomic E-state index is 11.7. The number of aliphatic carboxylic acids is 1. The van der Waals surface area contributed by atoms with Gasteiger partial charge < -0.3 is 10.4 Å². The summed E-state index contributed by atoms with van der Waals surface area (Å²) in [5.74, 6) is -1.64. The number of amides is 1. The van der Waals surface area contributed by atoms with Gasteiger partial charge in [0.25, 0.3) is 0 Å². The quantitative estimate of drug-likeness (QED) is 0.632. The molecule has 0 aliphatic heterocycles. The fraction of sp³-hybridized carbons (Fsp3) is 0.667. The van der Waals surface area contributed by atoms with E-state index in [4.69, 9.17) is 5.11 Å². The van der Waals surface area contributed by atoms with E-state index in [0.29, 0.717) is 0 Å². The SMILES string of the molecule is CC(=O)SC(C)(C)C(=O)N[C@@H](CS)C(=O)O. The van der Waals surface area contributed by atoms with E-state index in [1.807, 2.05) is 0 Å². The fourth-order valence-corrected chi connectivity index (χ4v) is 2.04. The maximum atomic E-state index is 11.7. The minimum Gasteiger partial charge on any atom is -0.480 e. The Kier molecular flexibility index (Phi) is 5.88. The molecule has 0 spiro atoms. The Morgan fingerprint density at radius 3 is 2.25 bits per heavy atom. The number of rotatable bonds is 5. The molecule has 92 valence electrons. The number of carbonyl (C=O) groups is 3. The van der Waals surface area contributed by atoms with Crippen LogP contribution in [-0.2, 0) is 14.4 Å². The van der Waals surface area contributed by atoms with E-state index < -0.39 is 22.7 Å². The number of nitrogens with one attached hydrogen (secondary N) is 1. The third-order valence-electron chi connectivity index (χ3n) is 1.73.